The van der Waals surface area contributed by atoms with Crippen LogP contribution in [0, 0.1) is 0 Å². The first-order chi connectivity index (χ1) is 7.97. The molecular formula is C15H18N2. The van der Waals surface area contributed by atoms with Crippen molar-refractivity contribution in [3.63, 3.8) is 0 Å². The first-order valence-corrected chi connectivity index (χ1v) is 5.79. The molecule has 0 saturated carbocycles. The Bertz CT molecular complexity index is 507. The Morgan fingerprint density at radius 1 is 0.941 bits per heavy atom. The van der Waals surface area contributed by atoms with E-state index in [2.05, 4.69) is 31.8 Å². The molecule has 0 aliphatic heterocycles. The minimum atomic E-state index is 0.0732. The fourth-order valence-corrected chi connectivity index (χ4v) is 1.70. The SMILES string of the molecule is CC(C)(C)c1cc(-c2ccc(N)cc2)ccn1. The second-order valence-electron chi connectivity index (χ2n) is 5.30. The number of hydrogen-bond donors (Lipinski definition) is 1. The Labute approximate surface area is 103 Å². The average molecular weight is 226 g/mol. The van der Waals surface area contributed by atoms with Gasteiger partial charge in [0.1, 0.15) is 0 Å². The number of hydrogen-bond acceptors (Lipinski definition) is 2. The highest BCUT2D eigenvalue weighted by atomic mass is 14.7. The van der Waals surface area contributed by atoms with E-state index in [1.807, 2.05) is 36.5 Å². The lowest BCUT2D eigenvalue weighted by atomic mass is 9.90. The van der Waals surface area contributed by atoms with Crippen LogP contribution in [0.5, 0.6) is 0 Å². The quantitative estimate of drug-likeness (QED) is 0.754. The van der Waals surface area contributed by atoms with Gasteiger partial charge in [-0.15, -0.1) is 0 Å². The summed E-state index contributed by atoms with van der Waals surface area (Å²) in [6.45, 7) is 6.51. The molecule has 0 aliphatic rings. The van der Waals surface area contributed by atoms with Gasteiger partial charge in [-0.05, 0) is 35.4 Å². The molecule has 0 spiro atoms. The average Bonchev–Trinajstić information content (AvgIpc) is 2.29. The van der Waals surface area contributed by atoms with Gasteiger partial charge in [-0.25, -0.2) is 0 Å². The van der Waals surface area contributed by atoms with Crippen molar-refractivity contribution in [2.24, 2.45) is 0 Å². The maximum absolute atomic E-state index is 5.69. The molecule has 2 N–H and O–H groups in total. The van der Waals surface area contributed by atoms with Crippen molar-refractivity contribution in [2.75, 3.05) is 5.73 Å². The van der Waals surface area contributed by atoms with E-state index in [0.29, 0.717) is 0 Å². The van der Waals surface area contributed by atoms with Gasteiger partial charge in [-0.3, -0.25) is 4.98 Å². The highest BCUT2D eigenvalue weighted by molar-refractivity contribution is 5.65. The van der Waals surface area contributed by atoms with Crippen LogP contribution >= 0.6 is 0 Å². The zero-order chi connectivity index (χ0) is 12.5. The highest BCUT2D eigenvalue weighted by Gasteiger charge is 2.15. The van der Waals surface area contributed by atoms with E-state index < -0.39 is 0 Å². The number of benzene rings is 1. The van der Waals surface area contributed by atoms with E-state index in [0.717, 1.165) is 11.4 Å². The zero-order valence-electron chi connectivity index (χ0n) is 10.6. The predicted molar refractivity (Wildman–Crippen MR) is 72.8 cm³/mol. The summed E-state index contributed by atoms with van der Waals surface area (Å²) in [6, 6.07) is 12.1. The van der Waals surface area contributed by atoms with Crippen LogP contribution in [-0.2, 0) is 5.41 Å². The molecule has 88 valence electrons. The third-order valence-electron chi connectivity index (χ3n) is 2.77. The summed E-state index contributed by atoms with van der Waals surface area (Å²) >= 11 is 0. The van der Waals surface area contributed by atoms with Gasteiger partial charge in [-0.2, -0.15) is 0 Å². The van der Waals surface area contributed by atoms with Gasteiger partial charge in [0.15, 0.2) is 0 Å². The van der Waals surface area contributed by atoms with Crippen molar-refractivity contribution in [2.45, 2.75) is 26.2 Å². The third-order valence-corrected chi connectivity index (χ3v) is 2.77. The molecule has 1 heterocycles. The van der Waals surface area contributed by atoms with Gasteiger partial charge in [0.25, 0.3) is 0 Å². The molecule has 1 aromatic carbocycles. The molecule has 2 rings (SSSR count). The Kier molecular flexibility index (Phi) is 2.88. The second-order valence-corrected chi connectivity index (χ2v) is 5.30. The molecule has 2 nitrogen and oxygen atoms in total. The van der Waals surface area contributed by atoms with Crippen molar-refractivity contribution in [3.05, 3.63) is 48.3 Å². The van der Waals surface area contributed by atoms with Gasteiger partial charge in [0.2, 0.25) is 0 Å². The summed E-state index contributed by atoms with van der Waals surface area (Å²) in [6.07, 6.45) is 1.87. The molecule has 0 amide bonds. The van der Waals surface area contributed by atoms with Crippen LogP contribution in [0.4, 0.5) is 5.69 Å². The molecule has 17 heavy (non-hydrogen) atoms. The predicted octanol–water partition coefficient (Wildman–Crippen LogP) is 3.63. The van der Waals surface area contributed by atoms with Crippen molar-refractivity contribution in [3.8, 4) is 11.1 Å². The number of anilines is 1. The minimum Gasteiger partial charge on any atom is -0.399 e. The number of aromatic nitrogens is 1. The van der Waals surface area contributed by atoms with Crippen LogP contribution in [0.1, 0.15) is 26.5 Å². The van der Waals surface area contributed by atoms with Crippen LogP contribution in [0.25, 0.3) is 11.1 Å². The molecule has 0 bridgehead atoms. The molecule has 0 unspecified atom stereocenters. The molecule has 2 aromatic rings. The standard InChI is InChI=1S/C15H18N2/c1-15(2,3)14-10-12(8-9-17-14)11-4-6-13(16)7-5-11/h4-10H,16H2,1-3H3. The van der Waals surface area contributed by atoms with Gasteiger partial charge < -0.3 is 5.73 Å². The van der Waals surface area contributed by atoms with Crippen molar-refractivity contribution in [1.29, 1.82) is 0 Å². The maximum Gasteiger partial charge on any atom is 0.0463 e. The molecule has 0 fully saturated rings. The Balaban J connectivity index is 2.43. The van der Waals surface area contributed by atoms with Crippen LogP contribution < -0.4 is 5.73 Å². The number of rotatable bonds is 1. The minimum absolute atomic E-state index is 0.0732. The molecule has 0 aliphatic carbocycles. The smallest absolute Gasteiger partial charge is 0.0463 e. The van der Waals surface area contributed by atoms with E-state index in [-0.39, 0.29) is 5.41 Å². The first-order valence-electron chi connectivity index (χ1n) is 5.79. The fourth-order valence-electron chi connectivity index (χ4n) is 1.70. The molecule has 0 atom stereocenters. The third kappa shape index (κ3) is 2.64. The van der Waals surface area contributed by atoms with Gasteiger partial charge in [0.05, 0.1) is 0 Å². The van der Waals surface area contributed by atoms with Crippen molar-refractivity contribution < 1.29 is 0 Å². The van der Waals surface area contributed by atoms with Gasteiger partial charge >= 0.3 is 0 Å². The summed E-state index contributed by atoms with van der Waals surface area (Å²) in [5.74, 6) is 0. The van der Waals surface area contributed by atoms with E-state index in [9.17, 15) is 0 Å². The van der Waals surface area contributed by atoms with Crippen LogP contribution in [-0.4, -0.2) is 4.98 Å². The van der Waals surface area contributed by atoms with Crippen LogP contribution in [0.2, 0.25) is 0 Å². The van der Waals surface area contributed by atoms with Crippen molar-refractivity contribution in [1.82, 2.24) is 4.98 Å². The van der Waals surface area contributed by atoms with Crippen LogP contribution in [0.3, 0.4) is 0 Å². The van der Waals surface area contributed by atoms with Gasteiger partial charge in [-0.1, -0.05) is 32.9 Å². The van der Waals surface area contributed by atoms with E-state index in [1.165, 1.54) is 11.1 Å². The Morgan fingerprint density at radius 3 is 2.18 bits per heavy atom. The summed E-state index contributed by atoms with van der Waals surface area (Å²) in [4.78, 5) is 4.43. The van der Waals surface area contributed by atoms with E-state index in [1.54, 1.807) is 0 Å². The first kappa shape index (κ1) is 11.6. The summed E-state index contributed by atoms with van der Waals surface area (Å²) in [5, 5.41) is 0. The highest BCUT2D eigenvalue weighted by Crippen LogP contribution is 2.26. The number of pyridine rings is 1. The molecule has 0 saturated heterocycles. The monoisotopic (exact) mass is 226 g/mol. The zero-order valence-corrected chi connectivity index (χ0v) is 10.6. The largest absolute Gasteiger partial charge is 0.399 e. The summed E-state index contributed by atoms with van der Waals surface area (Å²) in [5.41, 5.74) is 10.0. The molecule has 1 aromatic heterocycles. The fraction of sp³-hybridized carbons (Fsp3) is 0.267. The topological polar surface area (TPSA) is 38.9 Å². The Morgan fingerprint density at radius 2 is 1.59 bits per heavy atom. The lowest BCUT2D eigenvalue weighted by Crippen LogP contribution is -2.13. The normalized spacial score (nSPS) is 11.5. The lowest BCUT2D eigenvalue weighted by Gasteiger charge is -2.18. The number of nitrogens with zero attached hydrogens (tertiary/aromatic N) is 1. The Hall–Kier alpha value is -1.83. The molecular weight excluding hydrogens is 208 g/mol. The lowest BCUT2D eigenvalue weighted by molar-refractivity contribution is 0.569. The number of nitrogens with two attached hydrogens (primary N) is 1. The number of nitrogen functional groups attached to an aromatic ring is 1. The maximum atomic E-state index is 5.69. The molecule has 0 radical (unpaired) electrons. The van der Waals surface area contributed by atoms with Crippen molar-refractivity contribution >= 4 is 5.69 Å². The van der Waals surface area contributed by atoms with Crippen LogP contribution in [0.15, 0.2) is 42.6 Å². The molecule has 2 heteroatoms. The van der Waals surface area contributed by atoms with E-state index in [4.69, 9.17) is 5.73 Å². The summed E-state index contributed by atoms with van der Waals surface area (Å²) in [7, 11) is 0. The second kappa shape index (κ2) is 4.21. The van der Waals surface area contributed by atoms with E-state index >= 15 is 0 Å². The summed E-state index contributed by atoms with van der Waals surface area (Å²) < 4.78 is 0. The van der Waals surface area contributed by atoms with Gasteiger partial charge in [0, 0.05) is 23.0 Å².